The number of para-hydroxylation sites is 1. The van der Waals surface area contributed by atoms with E-state index in [1.807, 2.05) is 73.6 Å². The lowest BCUT2D eigenvalue weighted by molar-refractivity contribution is -0.118. The largest absolute Gasteiger partial charge is 0.481 e. The molecule has 3 aromatic rings. The highest BCUT2D eigenvalue weighted by Crippen LogP contribution is 2.23. The van der Waals surface area contributed by atoms with Crippen LogP contribution in [0.25, 0.3) is 10.9 Å². The van der Waals surface area contributed by atoms with Crippen molar-refractivity contribution in [3.63, 3.8) is 0 Å². The molecule has 0 fully saturated rings. The summed E-state index contributed by atoms with van der Waals surface area (Å²) in [6.45, 7) is -0.0644. The van der Waals surface area contributed by atoms with Gasteiger partial charge in [-0.1, -0.05) is 18.2 Å². The fourth-order valence-electron chi connectivity index (χ4n) is 2.38. The molecule has 5 heteroatoms. The standard InChI is InChI=1S/C19H19N3O2/c1-22(2)16-10-8-15(9-11-16)21-18(23)13-24-17-7-3-5-14-6-4-12-20-19(14)17/h3-12H,13H2,1-2H3,(H,21,23). The molecule has 0 aliphatic carbocycles. The van der Waals surface area contributed by atoms with Crippen molar-refractivity contribution in [3.8, 4) is 5.75 Å². The molecule has 1 N–H and O–H groups in total. The molecule has 0 saturated carbocycles. The van der Waals surface area contributed by atoms with Gasteiger partial charge in [0.15, 0.2) is 6.61 Å². The summed E-state index contributed by atoms with van der Waals surface area (Å²) in [6.07, 6.45) is 1.71. The summed E-state index contributed by atoms with van der Waals surface area (Å²) in [4.78, 5) is 18.4. The summed E-state index contributed by atoms with van der Waals surface area (Å²) < 4.78 is 5.63. The van der Waals surface area contributed by atoms with Crippen LogP contribution in [0, 0.1) is 0 Å². The Balaban J connectivity index is 1.63. The van der Waals surface area contributed by atoms with E-state index in [4.69, 9.17) is 4.74 Å². The summed E-state index contributed by atoms with van der Waals surface area (Å²) in [5.41, 5.74) is 2.57. The summed E-state index contributed by atoms with van der Waals surface area (Å²) >= 11 is 0. The van der Waals surface area contributed by atoms with Gasteiger partial charge in [0.05, 0.1) is 0 Å². The number of ether oxygens (including phenoxy) is 1. The Morgan fingerprint density at radius 2 is 1.83 bits per heavy atom. The average Bonchev–Trinajstić information content (AvgIpc) is 2.60. The molecule has 2 aromatic carbocycles. The van der Waals surface area contributed by atoms with E-state index in [1.165, 1.54) is 0 Å². The quantitative estimate of drug-likeness (QED) is 0.783. The van der Waals surface area contributed by atoms with Gasteiger partial charge in [0, 0.05) is 37.1 Å². The number of aromatic nitrogens is 1. The van der Waals surface area contributed by atoms with E-state index < -0.39 is 0 Å². The Morgan fingerprint density at radius 3 is 2.58 bits per heavy atom. The SMILES string of the molecule is CN(C)c1ccc(NC(=O)COc2cccc3cccnc23)cc1. The lowest BCUT2D eigenvalue weighted by Gasteiger charge is -2.13. The van der Waals surface area contributed by atoms with Gasteiger partial charge in [0.2, 0.25) is 0 Å². The third-order valence-corrected chi connectivity index (χ3v) is 3.62. The lowest BCUT2D eigenvalue weighted by atomic mass is 10.2. The second-order valence-corrected chi connectivity index (χ2v) is 5.61. The first-order valence-corrected chi connectivity index (χ1v) is 7.67. The minimum absolute atomic E-state index is 0.0644. The van der Waals surface area contributed by atoms with Crippen LogP contribution in [0.3, 0.4) is 0 Å². The minimum atomic E-state index is -0.208. The fourth-order valence-corrected chi connectivity index (χ4v) is 2.38. The Hall–Kier alpha value is -3.08. The van der Waals surface area contributed by atoms with E-state index in [0.717, 1.165) is 22.3 Å². The number of rotatable bonds is 5. The van der Waals surface area contributed by atoms with Crippen LogP contribution in [0.1, 0.15) is 0 Å². The molecule has 1 heterocycles. The number of nitrogens with one attached hydrogen (secondary N) is 1. The van der Waals surface area contributed by atoms with Crippen molar-refractivity contribution in [2.75, 3.05) is 30.9 Å². The molecule has 1 aromatic heterocycles. The van der Waals surface area contributed by atoms with E-state index in [0.29, 0.717) is 5.75 Å². The van der Waals surface area contributed by atoms with Gasteiger partial charge in [0.1, 0.15) is 11.3 Å². The minimum Gasteiger partial charge on any atom is -0.481 e. The van der Waals surface area contributed by atoms with Crippen LogP contribution in [-0.2, 0) is 4.79 Å². The molecule has 0 spiro atoms. The number of carbonyl (C=O) groups excluding carboxylic acids is 1. The second-order valence-electron chi connectivity index (χ2n) is 5.61. The van der Waals surface area contributed by atoms with Crippen molar-refractivity contribution in [1.29, 1.82) is 0 Å². The third-order valence-electron chi connectivity index (χ3n) is 3.62. The molecule has 0 saturated heterocycles. The zero-order chi connectivity index (χ0) is 16.9. The topological polar surface area (TPSA) is 54.5 Å². The van der Waals surface area contributed by atoms with Crippen molar-refractivity contribution in [2.24, 2.45) is 0 Å². The molecule has 0 unspecified atom stereocenters. The number of hydrogen-bond acceptors (Lipinski definition) is 4. The van der Waals surface area contributed by atoms with Crippen LogP contribution in [-0.4, -0.2) is 31.6 Å². The first-order chi connectivity index (χ1) is 11.6. The fraction of sp³-hybridized carbons (Fsp3) is 0.158. The number of anilines is 2. The van der Waals surface area contributed by atoms with Crippen LogP contribution >= 0.6 is 0 Å². The number of nitrogens with zero attached hydrogens (tertiary/aromatic N) is 2. The van der Waals surface area contributed by atoms with Crippen LogP contribution in [0.4, 0.5) is 11.4 Å². The van der Waals surface area contributed by atoms with Crippen molar-refractivity contribution >= 4 is 28.2 Å². The molecule has 3 rings (SSSR count). The Kier molecular flexibility index (Phi) is 4.61. The highest BCUT2D eigenvalue weighted by atomic mass is 16.5. The van der Waals surface area contributed by atoms with Crippen LogP contribution in [0.15, 0.2) is 60.8 Å². The average molecular weight is 321 g/mol. The lowest BCUT2D eigenvalue weighted by Crippen LogP contribution is -2.20. The molecular formula is C19H19N3O2. The number of fused-ring (bicyclic) bond motifs is 1. The van der Waals surface area contributed by atoms with E-state index in [-0.39, 0.29) is 12.5 Å². The Labute approximate surface area is 140 Å². The third kappa shape index (κ3) is 3.63. The summed E-state index contributed by atoms with van der Waals surface area (Å²) in [6, 6.07) is 17.1. The normalized spacial score (nSPS) is 10.4. The predicted molar refractivity (Wildman–Crippen MR) is 96.6 cm³/mol. The van der Waals surface area contributed by atoms with Gasteiger partial charge in [-0.25, -0.2) is 0 Å². The number of benzene rings is 2. The maximum atomic E-state index is 12.1. The van der Waals surface area contributed by atoms with Gasteiger partial charge >= 0.3 is 0 Å². The van der Waals surface area contributed by atoms with E-state index >= 15 is 0 Å². The van der Waals surface area contributed by atoms with E-state index in [1.54, 1.807) is 6.20 Å². The summed E-state index contributed by atoms with van der Waals surface area (Å²) in [5, 5.41) is 3.80. The van der Waals surface area contributed by atoms with Crippen LogP contribution < -0.4 is 15.0 Å². The van der Waals surface area contributed by atoms with Gasteiger partial charge < -0.3 is 15.0 Å². The number of carbonyl (C=O) groups is 1. The smallest absolute Gasteiger partial charge is 0.262 e. The van der Waals surface area contributed by atoms with Crippen LogP contribution in [0.2, 0.25) is 0 Å². The first-order valence-electron chi connectivity index (χ1n) is 7.67. The van der Waals surface area contributed by atoms with E-state index in [2.05, 4.69) is 10.3 Å². The summed E-state index contributed by atoms with van der Waals surface area (Å²) in [5.74, 6) is 0.395. The zero-order valence-electron chi connectivity index (χ0n) is 13.7. The zero-order valence-corrected chi connectivity index (χ0v) is 13.7. The second kappa shape index (κ2) is 7.00. The maximum Gasteiger partial charge on any atom is 0.262 e. The molecule has 0 aliphatic heterocycles. The van der Waals surface area contributed by atoms with Crippen molar-refractivity contribution in [3.05, 3.63) is 60.8 Å². The van der Waals surface area contributed by atoms with Crippen molar-refractivity contribution in [1.82, 2.24) is 4.98 Å². The molecule has 0 atom stereocenters. The van der Waals surface area contributed by atoms with Crippen LogP contribution in [0.5, 0.6) is 5.75 Å². The number of amides is 1. The van der Waals surface area contributed by atoms with Gasteiger partial charge in [-0.05, 0) is 36.4 Å². The Morgan fingerprint density at radius 1 is 1.08 bits per heavy atom. The monoisotopic (exact) mass is 321 g/mol. The molecule has 0 radical (unpaired) electrons. The molecule has 1 amide bonds. The molecule has 122 valence electrons. The van der Waals surface area contributed by atoms with Gasteiger partial charge in [-0.3, -0.25) is 9.78 Å². The van der Waals surface area contributed by atoms with Gasteiger partial charge in [-0.2, -0.15) is 0 Å². The highest BCUT2D eigenvalue weighted by molar-refractivity contribution is 5.92. The molecule has 5 nitrogen and oxygen atoms in total. The van der Waals surface area contributed by atoms with E-state index in [9.17, 15) is 4.79 Å². The molecular weight excluding hydrogens is 302 g/mol. The van der Waals surface area contributed by atoms with Gasteiger partial charge in [0.25, 0.3) is 5.91 Å². The van der Waals surface area contributed by atoms with Gasteiger partial charge in [-0.15, -0.1) is 0 Å². The molecule has 0 aliphatic rings. The molecule has 0 bridgehead atoms. The van der Waals surface area contributed by atoms with Crippen molar-refractivity contribution in [2.45, 2.75) is 0 Å². The van der Waals surface area contributed by atoms with Crippen molar-refractivity contribution < 1.29 is 9.53 Å². The molecule has 24 heavy (non-hydrogen) atoms. The Bertz CT molecular complexity index is 839. The number of pyridine rings is 1. The number of hydrogen-bond donors (Lipinski definition) is 1. The maximum absolute atomic E-state index is 12.1. The first kappa shape index (κ1) is 15.8. The summed E-state index contributed by atoms with van der Waals surface area (Å²) in [7, 11) is 3.94. The highest BCUT2D eigenvalue weighted by Gasteiger charge is 2.07. The predicted octanol–water partition coefficient (Wildman–Crippen LogP) is 3.32.